The number of hydrogen-bond donors (Lipinski definition) is 1. The van der Waals surface area contributed by atoms with Crippen LogP contribution in [0.5, 0.6) is 5.75 Å². The van der Waals surface area contributed by atoms with Gasteiger partial charge in [0, 0.05) is 24.7 Å². The van der Waals surface area contributed by atoms with E-state index in [0.717, 1.165) is 56.5 Å². The smallest absolute Gasteiger partial charge is 0.237 e. The van der Waals surface area contributed by atoms with Crippen LogP contribution in [0.4, 0.5) is 0 Å². The highest BCUT2D eigenvalue weighted by Crippen LogP contribution is 2.21. The molecule has 1 unspecified atom stereocenters. The van der Waals surface area contributed by atoms with E-state index in [2.05, 4.69) is 17.1 Å². The van der Waals surface area contributed by atoms with E-state index in [-0.39, 0.29) is 23.9 Å². The summed E-state index contributed by atoms with van der Waals surface area (Å²) in [5.41, 5.74) is 0.920. The van der Waals surface area contributed by atoms with Gasteiger partial charge in [-0.05, 0) is 51.3 Å². The highest BCUT2D eigenvalue weighted by molar-refractivity contribution is 5.82. The van der Waals surface area contributed by atoms with Gasteiger partial charge in [0.2, 0.25) is 11.8 Å². The third kappa shape index (κ3) is 5.72. The van der Waals surface area contributed by atoms with E-state index in [0.29, 0.717) is 19.5 Å². The van der Waals surface area contributed by atoms with Crippen molar-refractivity contribution in [1.82, 2.24) is 15.1 Å². The average molecular weight is 402 g/mol. The van der Waals surface area contributed by atoms with Crippen molar-refractivity contribution in [3.63, 3.8) is 0 Å². The molecule has 29 heavy (non-hydrogen) atoms. The lowest BCUT2D eigenvalue weighted by Crippen LogP contribution is -2.54. The van der Waals surface area contributed by atoms with Crippen molar-refractivity contribution in [3.05, 3.63) is 29.8 Å². The van der Waals surface area contributed by atoms with E-state index in [1.807, 2.05) is 29.2 Å². The molecule has 0 aromatic heterocycles. The van der Waals surface area contributed by atoms with Crippen molar-refractivity contribution in [2.75, 3.05) is 33.3 Å². The zero-order valence-electron chi connectivity index (χ0n) is 17.9. The van der Waals surface area contributed by atoms with Crippen molar-refractivity contribution >= 4 is 11.8 Å². The summed E-state index contributed by atoms with van der Waals surface area (Å²) in [7, 11) is 1.63. The van der Waals surface area contributed by atoms with E-state index in [1.165, 1.54) is 6.42 Å². The molecular formula is C23H35N3O3. The van der Waals surface area contributed by atoms with Crippen molar-refractivity contribution in [2.45, 2.75) is 64.0 Å². The Morgan fingerprint density at radius 2 is 1.86 bits per heavy atom. The van der Waals surface area contributed by atoms with Crippen LogP contribution in [-0.2, 0) is 16.0 Å². The third-order valence-corrected chi connectivity index (χ3v) is 6.16. The van der Waals surface area contributed by atoms with Crippen LogP contribution in [0.25, 0.3) is 0 Å². The minimum atomic E-state index is 0.0221. The van der Waals surface area contributed by atoms with Crippen LogP contribution in [0.3, 0.4) is 0 Å². The molecule has 0 saturated carbocycles. The van der Waals surface area contributed by atoms with Gasteiger partial charge in [0.25, 0.3) is 0 Å². The molecule has 3 rings (SSSR count). The Labute approximate surface area is 174 Å². The Balaban J connectivity index is 1.47. The highest BCUT2D eigenvalue weighted by atomic mass is 16.5. The fourth-order valence-electron chi connectivity index (χ4n) is 4.54. The molecule has 160 valence electrons. The van der Waals surface area contributed by atoms with Gasteiger partial charge in [-0.25, -0.2) is 0 Å². The molecule has 2 aliphatic heterocycles. The lowest BCUT2D eigenvalue weighted by molar-refractivity contribution is -0.132. The van der Waals surface area contributed by atoms with Crippen LogP contribution in [0.2, 0.25) is 0 Å². The summed E-state index contributed by atoms with van der Waals surface area (Å²) in [4.78, 5) is 29.8. The molecule has 1 N–H and O–H groups in total. The Hall–Kier alpha value is -2.08. The van der Waals surface area contributed by atoms with Gasteiger partial charge >= 0.3 is 0 Å². The van der Waals surface area contributed by atoms with Gasteiger partial charge in [-0.1, -0.05) is 31.5 Å². The highest BCUT2D eigenvalue weighted by Gasteiger charge is 2.31. The molecule has 1 aromatic carbocycles. The predicted octanol–water partition coefficient (Wildman–Crippen LogP) is 2.61. The number of amides is 2. The Morgan fingerprint density at radius 1 is 1.10 bits per heavy atom. The summed E-state index contributed by atoms with van der Waals surface area (Å²) in [6.07, 6.45) is 6.37. The zero-order chi connectivity index (χ0) is 20.6. The van der Waals surface area contributed by atoms with Crippen LogP contribution >= 0.6 is 0 Å². The fraction of sp³-hybridized carbons (Fsp3) is 0.652. The summed E-state index contributed by atoms with van der Waals surface area (Å²) in [6.45, 7) is 5.58. The minimum absolute atomic E-state index is 0.0221. The molecule has 1 atom stereocenters. The quantitative estimate of drug-likeness (QED) is 0.763. The Kier molecular flexibility index (Phi) is 7.92. The normalized spacial score (nSPS) is 21.0. The first kappa shape index (κ1) is 21.6. The summed E-state index contributed by atoms with van der Waals surface area (Å²) in [5.74, 6) is 1.06. The third-order valence-electron chi connectivity index (χ3n) is 6.16. The van der Waals surface area contributed by atoms with Gasteiger partial charge in [-0.15, -0.1) is 0 Å². The van der Waals surface area contributed by atoms with Gasteiger partial charge in [-0.3, -0.25) is 14.5 Å². The van der Waals surface area contributed by atoms with Gasteiger partial charge < -0.3 is 15.0 Å². The van der Waals surface area contributed by atoms with Crippen molar-refractivity contribution in [3.8, 4) is 5.75 Å². The molecule has 0 radical (unpaired) electrons. The zero-order valence-corrected chi connectivity index (χ0v) is 17.9. The topological polar surface area (TPSA) is 61.9 Å². The van der Waals surface area contributed by atoms with Crippen LogP contribution in [0.1, 0.15) is 51.0 Å². The second-order valence-electron chi connectivity index (χ2n) is 8.20. The fourth-order valence-corrected chi connectivity index (χ4v) is 4.54. The second kappa shape index (κ2) is 10.6. The molecule has 0 spiro atoms. The lowest BCUT2D eigenvalue weighted by Gasteiger charge is -2.37. The number of para-hydroxylation sites is 1. The molecule has 2 saturated heterocycles. The molecule has 2 aliphatic rings. The maximum absolute atomic E-state index is 12.8. The number of piperidine rings is 2. The van der Waals surface area contributed by atoms with Crippen LogP contribution in [-0.4, -0.2) is 67.0 Å². The first-order valence-electron chi connectivity index (χ1n) is 11.1. The SMILES string of the molecule is CCCN1CCCCC1C(=O)NC1CCN(C(=O)Cc2ccccc2OC)CC1. The molecule has 0 bridgehead atoms. The Bertz CT molecular complexity index is 684. The molecule has 1 aromatic rings. The summed E-state index contributed by atoms with van der Waals surface area (Å²) in [6, 6.07) is 7.86. The van der Waals surface area contributed by atoms with Crippen LogP contribution < -0.4 is 10.1 Å². The number of carbonyl (C=O) groups is 2. The number of methoxy groups -OCH3 is 1. The molecular weight excluding hydrogens is 366 g/mol. The molecule has 6 heteroatoms. The van der Waals surface area contributed by atoms with Gasteiger partial charge in [0.05, 0.1) is 19.6 Å². The monoisotopic (exact) mass is 401 g/mol. The van der Waals surface area contributed by atoms with E-state index in [1.54, 1.807) is 7.11 Å². The van der Waals surface area contributed by atoms with E-state index in [4.69, 9.17) is 4.74 Å². The van der Waals surface area contributed by atoms with Crippen molar-refractivity contribution in [1.29, 1.82) is 0 Å². The largest absolute Gasteiger partial charge is 0.496 e. The maximum atomic E-state index is 12.8. The van der Waals surface area contributed by atoms with E-state index >= 15 is 0 Å². The summed E-state index contributed by atoms with van der Waals surface area (Å²) < 4.78 is 5.36. The average Bonchev–Trinajstić information content (AvgIpc) is 2.75. The Morgan fingerprint density at radius 3 is 2.59 bits per heavy atom. The molecule has 2 amide bonds. The first-order valence-corrected chi connectivity index (χ1v) is 11.1. The number of benzene rings is 1. The number of hydrogen-bond acceptors (Lipinski definition) is 4. The number of nitrogens with one attached hydrogen (secondary N) is 1. The second-order valence-corrected chi connectivity index (χ2v) is 8.20. The maximum Gasteiger partial charge on any atom is 0.237 e. The van der Waals surface area contributed by atoms with E-state index < -0.39 is 0 Å². The minimum Gasteiger partial charge on any atom is -0.496 e. The molecule has 2 fully saturated rings. The number of ether oxygens (including phenoxy) is 1. The van der Waals surface area contributed by atoms with Crippen molar-refractivity contribution in [2.24, 2.45) is 0 Å². The molecule has 6 nitrogen and oxygen atoms in total. The van der Waals surface area contributed by atoms with Crippen LogP contribution in [0, 0.1) is 0 Å². The van der Waals surface area contributed by atoms with Crippen LogP contribution in [0.15, 0.2) is 24.3 Å². The molecule has 0 aliphatic carbocycles. The first-order chi connectivity index (χ1) is 14.1. The number of rotatable bonds is 7. The lowest BCUT2D eigenvalue weighted by atomic mass is 9.99. The van der Waals surface area contributed by atoms with E-state index in [9.17, 15) is 9.59 Å². The summed E-state index contributed by atoms with van der Waals surface area (Å²) in [5, 5.41) is 3.27. The standard InChI is InChI=1S/C23H35N3O3/c1-3-13-25-14-7-6-9-20(25)23(28)24-19-11-15-26(16-12-19)22(27)17-18-8-4-5-10-21(18)29-2/h4-5,8,10,19-20H,3,6-7,9,11-17H2,1-2H3,(H,24,28). The van der Waals surface area contributed by atoms with Gasteiger partial charge in [0.15, 0.2) is 0 Å². The number of carbonyl (C=O) groups excluding carboxylic acids is 2. The number of nitrogens with zero attached hydrogens (tertiary/aromatic N) is 2. The molecule has 2 heterocycles. The number of likely N-dealkylation sites (tertiary alicyclic amines) is 2. The summed E-state index contributed by atoms with van der Waals surface area (Å²) >= 11 is 0. The van der Waals surface area contributed by atoms with Crippen molar-refractivity contribution < 1.29 is 14.3 Å². The predicted molar refractivity (Wildman–Crippen MR) is 114 cm³/mol. The van der Waals surface area contributed by atoms with Gasteiger partial charge in [0.1, 0.15) is 5.75 Å². The van der Waals surface area contributed by atoms with Gasteiger partial charge in [-0.2, -0.15) is 0 Å².